The zero-order valence-electron chi connectivity index (χ0n) is 14.7. The molecule has 0 bridgehead atoms. The van der Waals surface area contributed by atoms with E-state index in [4.69, 9.17) is 26.1 Å². The Morgan fingerprint density at radius 1 is 1.23 bits per heavy atom. The van der Waals surface area contributed by atoms with Gasteiger partial charge in [-0.05, 0) is 30.2 Å². The molecule has 2 atom stereocenters. The molecule has 1 aromatic carbocycles. The summed E-state index contributed by atoms with van der Waals surface area (Å²) < 4.78 is 9.84. The van der Waals surface area contributed by atoms with Gasteiger partial charge in [0.25, 0.3) is 0 Å². The van der Waals surface area contributed by atoms with Crippen LogP contribution in [0, 0.1) is 11.3 Å². The van der Waals surface area contributed by atoms with Crippen molar-refractivity contribution in [3.05, 3.63) is 59.7 Å². The number of ether oxygens (including phenoxy) is 2. The first-order valence-corrected chi connectivity index (χ1v) is 8.63. The maximum atomic E-state index is 12.5. The lowest BCUT2D eigenvalue weighted by Gasteiger charge is -2.25. The molecular weight excluding hydrogens is 354 g/mol. The van der Waals surface area contributed by atoms with Crippen LogP contribution in [0.3, 0.4) is 0 Å². The second kappa shape index (κ2) is 6.72. The molecule has 1 fully saturated rings. The molecule has 1 heterocycles. The van der Waals surface area contributed by atoms with E-state index in [-0.39, 0.29) is 18.8 Å². The van der Waals surface area contributed by atoms with Crippen LogP contribution < -0.4 is 0 Å². The number of allylic oxidation sites excluding steroid dienone is 1. The smallest absolute Gasteiger partial charge is 0.323 e. The van der Waals surface area contributed by atoms with E-state index in [1.54, 1.807) is 18.2 Å². The van der Waals surface area contributed by atoms with Crippen molar-refractivity contribution in [2.24, 2.45) is 16.3 Å². The van der Waals surface area contributed by atoms with Crippen LogP contribution in [0.5, 0.6) is 0 Å². The SMILES string of the molecule is C=C[C@H]1CC(C(=O)OC)(C(=O)OC)C[C@]12C=CC(c1ccc(Cl)cc1)=N2. The van der Waals surface area contributed by atoms with Crippen LogP contribution >= 0.6 is 11.6 Å². The number of halogens is 1. The number of carbonyl (C=O) groups is 2. The van der Waals surface area contributed by atoms with Gasteiger partial charge in [-0.2, -0.15) is 0 Å². The van der Waals surface area contributed by atoms with Crippen LogP contribution in [-0.4, -0.2) is 37.4 Å². The molecule has 6 heteroatoms. The summed E-state index contributed by atoms with van der Waals surface area (Å²) in [5, 5.41) is 0.645. The van der Waals surface area contributed by atoms with E-state index in [2.05, 4.69) is 6.58 Å². The first-order chi connectivity index (χ1) is 12.4. The molecule has 136 valence electrons. The summed E-state index contributed by atoms with van der Waals surface area (Å²) in [5.41, 5.74) is -0.414. The van der Waals surface area contributed by atoms with E-state index in [1.165, 1.54) is 14.2 Å². The van der Waals surface area contributed by atoms with Gasteiger partial charge in [0, 0.05) is 17.4 Å². The number of nitrogens with zero attached hydrogens (tertiary/aromatic N) is 1. The van der Waals surface area contributed by atoms with Gasteiger partial charge < -0.3 is 9.47 Å². The molecule has 0 N–H and O–H groups in total. The molecule has 0 unspecified atom stereocenters. The predicted molar refractivity (Wildman–Crippen MR) is 99.2 cm³/mol. The highest BCUT2D eigenvalue weighted by atomic mass is 35.5. The first kappa shape index (κ1) is 18.4. The largest absolute Gasteiger partial charge is 0.468 e. The summed E-state index contributed by atoms with van der Waals surface area (Å²) in [6.45, 7) is 3.88. The first-order valence-electron chi connectivity index (χ1n) is 8.25. The molecule has 0 radical (unpaired) electrons. The van der Waals surface area contributed by atoms with Gasteiger partial charge in [0.05, 0.1) is 25.5 Å². The van der Waals surface area contributed by atoms with Crippen molar-refractivity contribution in [2.75, 3.05) is 14.2 Å². The second-order valence-electron chi connectivity index (χ2n) is 6.62. The third-order valence-corrected chi connectivity index (χ3v) is 5.48. The molecule has 0 aromatic heterocycles. The molecule has 0 saturated heterocycles. The van der Waals surface area contributed by atoms with Crippen LogP contribution in [0.1, 0.15) is 18.4 Å². The van der Waals surface area contributed by atoms with E-state index >= 15 is 0 Å². The van der Waals surface area contributed by atoms with Gasteiger partial charge in [0.15, 0.2) is 5.41 Å². The van der Waals surface area contributed by atoms with E-state index in [0.29, 0.717) is 5.02 Å². The fourth-order valence-corrected chi connectivity index (χ4v) is 4.05. The summed E-state index contributed by atoms with van der Waals surface area (Å²) in [5.74, 6) is -1.39. The maximum absolute atomic E-state index is 12.5. The number of hydrogen-bond donors (Lipinski definition) is 0. The highest BCUT2D eigenvalue weighted by molar-refractivity contribution is 6.30. The third kappa shape index (κ3) is 2.76. The van der Waals surface area contributed by atoms with Gasteiger partial charge in [0.1, 0.15) is 0 Å². The van der Waals surface area contributed by atoms with Crippen LogP contribution in [0.2, 0.25) is 5.02 Å². The summed E-state index contributed by atoms with van der Waals surface area (Å²) in [6.07, 6.45) is 6.02. The molecule has 1 saturated carbocycles. The Kier molecular flexibility index (Phi) is 4.76. The van der Waals surface area contributed by atoms with Gasteiger partial charge in [-0.3, -0.25) is 14.6 Å². The average molecular weight is 374 g/mol. The van der Waals surface area contributed by atoms with Crippen molar-refractivity contribution < 1.29 is 19.1 Å². The van der Waals surface area contributed by atoms with Crippen LogP contribution in [-0.2, 0) is 19.1 Å². The number of benzene rings is 1. The van der Waals surface area contributed by atoms with Crippen LogP contribution in [0.25, 0.3) is 0 Å². The molecule has 26 heavy (non-hydrogen) atoms. The van der Waals surface area contributed by atoms with E-state index in [9.17, 15) is 9.59 Å². The Hall–Kier alpha value is -2.40. The van der Waals surface area contributed by atoms with Gasteiger partial charge in [0.2, 0.25) is 0 Å². The molecule has 1 aliphatic carbocycles. The normalized spacial score (nSPS) is 25.8. The minimum absolute atomic E-state index is 0.184. The summed E-state index contributed by atoms with van der Waals surface area (Å²) >= 11 is 5.95. The van der Waals surface area contributed by atoms with Gasteiger partial charge in [-0.25, -0.2) is 0 Å². The molecule has 3 rings (SSSR count). The average Bonchev–Trinajstić information content (AvgIpc) is 3.23. The summed E-state index contributed by atoms with van der Waals surface area (Å²) in [4.78, 5) is 29.8. The molecule has 5 nitrogen and oxygen atoms in total. The Labute approximate surface area is 157 Å². The van der Waals surface area contributed by atoms with Crippen molar-refractivity contribution in [1.29, 1.82) is 0 Å². The van der Waals surface area contributed by atoms with Gasteiger partial charge in [-0.1, -0.05) is 35.9 Å². The highest BCUT2D eigenvalue weighted by Crippen LogP contribution is 2.54. The van der Waals surface area contributed by atoms with E-state index < -0.39 is 22.9 Å². The number of esters is 2. The zero-order chi connectivity index (χ0) is 18.9. The number of carbonyl (C=O) groups excluding carboxylic acids is 2. The molecule has 2 aliphatic rings. The van der Waals surface area contributed by atoms with Gasteiger partial charge in [-0.15, -0.1) is 6.58 Å². The fourth-order valence-electron chi connectivity index (χ4n) is 3.92. The highest BCUT2D eigenvalue weighted by Gasteiger charge is 2.62. The minimum atomic E-state index is -1.38. The quantitative estimate of drug-likeness (QED) is 0.461. The number of hydrogen-bond acceptors (Lipinski definition) is 5. The van der Waals surface area contributed by atoms with Crippen molar-refractivity contribution in [3.8, 4) is 0 Å². The van der Waals surface area contributed by atoms with Gasteiger partial charge >= 0.3 is 11.9 Å². The number of aliphatic imine (C=N–C) groups is 1. The topological polar surface area (TPSA) is 65.0 Å². The minimum Gasteiger partial charge on any atom is -0.468 e. The fraction of sp³-hybridized carbons (Fsp3) is 0.350. The standard InChI is InChI=1S/C20H20ClNO4/c1-4-14-11-19(17(23)25-2,18(24)26-3)12-20(14)10-9-16(22-20)13-5-7-15(21)8-6-13/h4-10,14H,1,11-12H2,2-3H3/t14-,20+/m0/s1. The Balaban J connectivity index is 2.03. The van der Waals surface area contributed by atoms with Crippen molar-refractivity contribution >= 4 is 29.3 Å². The van der Waals surface area contributed by atoms with Crippen LogP contribution in [0.4, 0.5) is 0 Å². The molecule has 1 aliphatic heterocycles. The lowest BCUT2D eigenvalue weighted by Crippen LogP contribution is -2.40. The monoisotopic (exact) mass is 373 g/mol. The third-order valence-electron chi connectivity index (χ3n) is 5.23. The van der Waals surface area contributed by atoms with Crippen LogP contribution in [0.15, 0.2) is 54.1 Å². The van der Waals surface area contributed by atoms with Crippen molar-refractivity contribution in [2.45, 2.75) is 18.4 Å². The molecular formula is C20H20ClNO4. The lowest BCUT2D eigenvalue weighted by molar-refractivity contribution is -0.169. The molecule has 1 aromatic rings. The molecule has 1 spiro atoms. The summed E-state index contributed by atoms with van der Waals surface area (Å²) in [7, 11) is 2.54. The summed E-state index contributed by atoms with van der Waals surface area (Å²) in [6, 6.07) is 7.36. The van der Waals surface area contributed by atoms with E-state index in [0.717, 1.165) is 11.3 Å². The Morgan fingerprint density at radius 2 is 1.85 bits per heavy atom. The zero-order valence-corrected chi connectivity index (χ0v) is 15.5. The number of rotatable bonds is 4. The Morgan fingerprint density at radius 3 is 2.38 bits per heavy atom. The molecule has 0 amide bonds. The lowest BCUT2D eigenvalue weighted by atomic mass is 9.83. The Bertz CT molecular complexity index is 796. The maximum Gasteiger partial charge on any atom is 0.323 e. The van der Waals surface area contributed by atoms with E-state index in [1.807, 2.05) is 24.3 Å². The second-order valence-corrected chi connectivity index (χ2v) is 7.05. The predicted octanol–water partition coefficient (Wildman–Crippen LogP) is 3.37. The number of methoxy groups -OCH3 is 2. The van der Waals surface area contributed by atoms with Crippen molar-refractivity contribution in [1.82, 2.24) is 0 Å². The van der Waals surface area contributed by atoms with Crippen molar-refractivity contribution in [3.63, 3.8) is 0 Å².